The van der Waals surface area contributed by atoms with Crippen molar-refractivity contribution in [3.8, 4) is 10.6 Å². The summed E-state index contributed by atoms with van der Waals surface area (Å²) >= 11 is 1.38. The van der Waals surface area contributed by atoms with Gasteiger partial charge in [0, 0.05) is 25.2 Å². The molecule has 0 aliphatic carbocycles. The lowest BCUT2D eigenvalue weighted by atomic mass is 10.1. The summed E-state index contributed by atoms with van der Waals surface area (Å²) in [5, 5.41) is 0.794. The Morgan fingerprint density at radius 1 is 0.943 bits per heavy atom. The maximum atomic E-state index is 12.0. The largest absolute Gasteiger partial charge is 0.344 e. The molecule has 6 heteroatoms. The van der Waals surface area contributed by atoms with E-state index < -0.39 is 0 Å². The van der Waals surface area contributed by atoms with E-state index in [1.165, 1.54) is 63.5 Å². The van der Waals surface area contributed by atoms with Gasteiger partial charge in [0.1, 0.15) is 9.88 Å². The molecule has 1 aliphatic rings. The number of likely N-dealkylation sites (tertiary alicyclic amines) is 1. The molecule has 0 saturated carbocycles. The highest BCUT2D eigenvalue weighted by molar-refractivity contribution is 7.17. The topological polar surface area (TPSA) is 53.5 Å². The monoisotopic (exact) mass is 505 g/mol. The van der Waals surface area contributed by atoms with Crippen LogP contribution in [0, 0.1) is 6.92 Å². The van der Waals surface area contributed by atoms with Crippen molar-refractivity contribution >= 4 is 23.0 Å². The Bertz CT molecular complexity index is 806. The van der Waals surface area contributed by atoms with E-state index in [-0.39, 0.29) is 11.7 Å². The van der Waals surface area contributed by atoms with E-state index in [2.05, 4.69) is 30.8 Å². The lowest BCUT2D eigenvalue weighted by Gasteiger charge is -2.10. The van der Waals surface area contributed by atoms with Crippen molar-refractivity contribution in [2.75, 3.05) is 34.2 Å². The molecule has 0 bridgehead atoms. The smallest absolute Gasteiger partial charge is 0.265 e. The first-order valence-corrected chi connectivity index (χ1v) is 14.0. The summed E-state index contributed by atoms with van der Waals surface area (Å²) in [5.41, 5.74) is 2.33. The van der Waals surface area contributed by atoms with Gasteiger partial charge in [0.05, 0.1) is 5.69 Å². The number of rotatable bonds is 3. The van der Waals surface area contributed by atoms with Gasteiger partial charge in [-0.15, -0.1) is 11.3 Å². The maximum Gasteiger partial charge on any atom is 0.265 e. The molecule has 2 heterocycles. The molecule has 1 aliphatic heterocycles. The standard InChI is InChI=1S/C15H16N2O2S.C7H15N.C3H8.2C2H6/c1-9-13(15(19)17(3)4)20-14(16-9)12-7-5-11(6-8-12)10(2)18;1-8-6-4-2-3-5-7-8;1-3-2;2*1-2/h5-8H,1-4H3;2-7H2,1H3;3H2,1-2H3;2*1-2H3. The number of amides is 1. The van der Waals surface area contributed by atoms with Crippen molar-refractivity contribution in [3.63, 3.8) is 0 Å². The van der Waals surface area contributed by atoms with Crippen molar-refractivity contribution in [1.29, 1.82) is 0 Å². The molecule has 0 unspecified atom stereocenters. The summed E-state index contributed by atoms with van der Waals surface area (Å²) in [6.07, 6.45) is 6.97. The van der Waals surface area contributed by atoms with Gasteiger partial charge >= 0.3 is 0 Å². The van der Waals surface area contributed by atoms with Crippen molar-refractivity contribution < 1.29 is 9.59 Å². The van der Waals surface area contributed by atoms with Gasteiger partial charge in [-0.1, -0.05) is 85.1 Å². The highest BCUT2D eigenvalue weighted by Crippen LogP contribution is 2.28. The zero-order valence-electron chi connectivity index (χ0n) is 24.3. The highest BCUT2D eigenvalue weighted by atomic mass is 32.1. The number of nitrogens with zero attached hydrogens (tertiary/aromatic N) is 3. The molecule has 0 spiro atoms. The molecule has 0 atom stereocenters. The molecule has 1 saturated heterocycles. The molecule has 35 heavy (non-hydrogen) atoms. The van der Waals surface area contributed by atoms with Crippen LogP contribution in [0.5, 0.6) is 0 Å². The molecular weight excluding hydrogens is 454 g/mol. The van der Waals surface area contributed by atoms with Gasteiger partial charge in [0.25, 0.3) is 5.91 Å². The SMILES string of the molecule is CC.CC.CC(=O)c1ccc(-c2nc(C)c(C(=O)N(C)C)s2)cc1.CCC.CN1CCCCCC1. The quantitative estimate of drug-likeness (QED) is 0.397. The van der Waals surface area contributed by atoms with E-state index in [1.807, 2.05) is 46.8 Å². The Kier molecular flexibility index (Phi) is 21.3. The summed E-state index contributed by atoms with van der Waals surface area (Å²) in [7, 11) is 5.66. The Hall–Kier alpha value is -2.05. The summed E-state index contributed by atoms with van der Waals surface area (Å²) in [4.78, 5) is 32.3. The first-order valence-electron chi connectivity index (χ1n) is 13.2. The van der Waals surface area contributed by atoms with Crippen LogP contribution in [0.15, 0.2) is 24.3 Å². The van der Waals surface area contributed by atoms with Crippen LogP contribution in [0.3, 0.4) is 0 Å². The van der Waals surface area contributed by atoms with E-state index >= 15 is 0 Å². The molecule has 1 fully saturated rings. The minimum absolute atomic E-state index is 0.0355. The normalized spacial score (nSPS) is 12.5. The zero-order valence-corrected chi connectivity index (χ0v) is 25.1. The van der Waals surface area contributed by atoms with E-state index in [0.717, 1.165) is 16.3 Å². The fourth-order valence-electron chi connectivity index (χ4n) is 3.00. The lowest BCUT2D eigenvalue weighted by Crippen LogP contribution is -2.21. The van der Waals surface area contributed by atoms with Crippen LogP contribution in [0.25, 0.3) is 10.6 Å². The first-order chi connectivity index (χ1) is 16.7. The Morgan fingerprint density at radius 3 is 1.80 bits per heavy atom. The van der Waals surface area contributed by atoms with Gasteiger partial charge in [-0.25, -0.2) is 4.98 Å². The van der Waals surface area contributed by atoms with E-state index in [9.17, 15) is 9.59 Å². The average molecular weight is 506 g/mol. The molecule has 1 aromatic carbocycles. The summed E-state index contributed by atoms with van der Waals surface area (Å²) in [6, 6.07) is 7.28. The number of ketones is 1. The van der Waals surface area contributed by atoms with Crippen LogP contribution in [0.2, 0.25) is 0 Å². The van der Waals surface area contributed by atoms with Gasteiger partial charge < -0.3 is 9.80 Å². The molecule has 5 nitrogen and oxygen atoms in total. The number of aromatic nitrogens is 1. The number of carbonyl (C=O) groups is 2. The van der Waals surface area contributed by atoms with Crippen molar-refractivity contribution in [2.45, 2.75) is 87.5 Å². The second-order valence-electron chi connectivity index (χ2n) is 8.19. The van der Waals surface area contributed by atoms with Gasteiger partial charge in [0.15, 0.2) is 5.78 Å². The van der Waals surface area contributed by atoms with Crippen LogP contribution < -0.4 is 0 Å². The van der Waals surface area contributed by atoms with Crippen molar-refractivity contribution in [2.24, 2.45) is 0 Å². The number of carbonyl (C=O) groups excluding carboxylic acids is 2. The summed E-state index contributed by atoms with van der Waals surface area (Å²) in [5.74, 6) is 0.00181. The number of thiazole rings is 1. The Morgan fingerprint density at radius 2 is 1.40 bits per heavy atom. The van der Waals surface area contributed by atoms with E-state index in [1.54, 1.807) is 31.1 Å². The third-order valence-electron chi connectivity index (χ3n) is 4.77. The molecule has 0 radical (unpaired) electrons. The maximum absolute atomic E-state index is 12.0. The van der Waals surface area contributed by atoms with Crippen LogP contribution in [0.4, 0.5) is 0 Å². The van der Waals surface area contributed by atoms with E-state index in [4.69, 9.17) is 0 Å². The third kappa shape index (κ3) is 14.2. The minimum atomic E-state index is -0.0355. The molecular formula is C29H51N3O2S. The predicted molar refractivity (Wildman–Crippen MR) is 155 cm³/mol. The number of hydrogen-bond acceptors (Lipinski definition) is 5. The molecule has 200 valence electrons. The predicted octanol–water partition coefficient (Wildman–Crippen LogP) is 7.98. The number of aryl methyl sites for hydroxylation is 1. The second-order valence-corrected chi connectivity index (χ2v) is 9.19. The van der Waals surface area contributed by atoms with Crippen LogP contribution in [-0.2, 0) is 0 Å². The molecule has 0 N–H and O–H groups in total. The zero-order chi connectivity index (χ0) is 27.4. The van der Waals surface area contributed by atoms with Crippen LogP contribution in [0.1, 0.15) is 106 Å². The third-order valence-corrected chi connectivity index (χ3v) is 5.96. The van der Waals surface area contributed by atoms with Crippen molar-refractivity contribution in [1.82, 2.24) is 14.8 Å². The van der Waals surface area contributed by atoms with Gasteiger partial charge in [-0.05, 0) is 46.8 Å². The summed E-state index contributed by atoms with van der Waals surface area (Å²) < 4.78 is 0. The first kappa shape index (κ1) is 35.1. The fourth-order valence-corrected chi connectivity index (χ4v) is 4.09. The lowest BCUT2D eigenvalue weighted by molar-refractivity contribution is 0.0831. The van der Waals surface area contributed by atoms with Crippen molar-refractivity contribution in [3.05, 3.63) is 40.4 Å². The van der Waals surface area contributed by atoms with Crippen LogP contribution in [-0.4, -0.2) is 60.7 Å². The Labute approximate surface area is 220 Å². The Balaban J connectivity index is 0. The minimum Gasteiger partial charge on any atom is -0.344 e. The molecule has 1 amide bonds. The molecule has 2 aromatic rings. The van der Waals surface area contributed by atoms with Gasteiger partial charge in [-0.2, -0.15) is 0 Å². The fraction of sp³-hybridized carbons (Fsp3) is 0.621. The molecule has 1 aromatic heterocycles. The van der Waals surface area contributed by atoms with Gasteiger partial charge in [0.2, 0.25) is 0 Å². The highest BCUT2D eigenvalue weighted by Gasteiger charge is 2.17. The number of benzene rings is 1. The second kappa shape index (κ2) is 21.3. The number of Topliss-reactive ketones (excluding diaryl/α,β-unsaturated/α-hetero) is 1. The molecule has 3 rings (SSSR count). The number of hydrogen-bond donors (Lipinski definition) is 0. The van der Waals surface area contributed by atoms with Crippen LogP contribution >= 0.6 is 11.3 Å². The van der Waals surface area contributed by atoms with Gasteiger partial charge in [-0.3, -0.25) is 9.59 Å². The summed E-state index contributed by atoms with van der Waals surface area (Å²) in [6.45, 7) is 18.3. The average Bonchev–Trinajstić information content (AvgIpc) is 3.08. The van der Waals surface area contributed by atoms with E-state index in [0.29, 0.717) is 10.4 Å².